The van der Waals surface area contributed by atoms with Gasteiger partial charge in [-0.15, -0.1) is 0 Å². The van der Waals surface area contributed by atoms with Crippen LogP contribution in [-0.4, -0.2) is 80.4 Å². The van der Waals surface area contributed by atoms with Crippen LogP contribution in [0.5, 0.6) is 5.75 Å². The molecule has 1 aromatic rings. The molecule has 1 aromatic carbocycles. The lowest BCUT2D eigenvalue weighted by Gasteiger charge is -2.27. The van der Waals surface area contributed by atoms with Crippen molar-refractivity contribution in [2.75, 3.05) is 0 Å². The maximum absolute atomic E-state index is 13.1. The molecule has 36 heavy (non-hydrogen) atoms. The fourth-order valence-corrected chi connectivity index (χ4v) is 3.18. The van der Waals surface area contributed by atoms with Crippen molar-refractivity contribution in [2.45, 2.75) is 70.3 Å². The topological polar surface area (TPSA) is 228 Å². The zero-order valence-corrected chi connectivity index (χ0v) is 20.3. The summed E-state index contributed by atoms with van der Waals surface area (Å²) in [5.74, 6) is -5.56. The molecule has 0 aliphatic carbocycles. The lowest BCUT2D eigenvalue weighted by Crippen LogP contribution is -2.60. The van der Waals surface area contributed by atoms with Crippen molar-refractivity contribution in [3.05, 3.63) is 29.8 Å². The third-order valence-electron chi connectivity index (χ3n) is 5.31. The molecule has 1 rings (SSSR count). The van der Waals surface area contributed by atoms with Gasteiger partial charge in [-0.2, -0.15) is 0 Å². The second-order valence-corrected chi connectivity index (χ2v) is 8.77. The van der Waals surface area contributed by atoms with E-state index in [0.717, 1.165) is 0 Å². The highest BCUT2D eigenvalue weighted by Crippen LogP contribution is 2.12. The molecule has 0 fully saturated rings. The number of carboxylic acid groups (broad SMARTS) is 2. The molecular formula is C23H34N4O9. The third kappa shape index (κ3) is 9.88. The minimum absolute atomic E-state index is 0.0246. The fraction of sp³-hybridized carbons (Fsp3) is 0.522. The highest BCUT2D eigenvalue weighted by atomic mass is 16.4. The molecule has 13 nitrogen and oxygen atoms in total. The number of hydrogen-bond acceptors (Lipinski definition) is 8. The summed E-state index contributed by atoms with van der Waals surface area (Å²) in [4.78, 5) is 60.5. The number of nitrogens with two attached hydrogens (primary N) is 1. The van der Waals surface area contributed by atoms with Gasteiger partial charge in [-0.05, 0) is 37.0 Å². The average molecular weight is 511 g/mol. The van der Waals surface area contributed by atoms with Crippen molar-refractivity contribution >= 4 is 29.7 Å². The minimum Gasteiger partial charge on any atom is -0.508 e. The van der Waals surface area contributed by atoms with Crippen molar-refractivity contribution < 1.29 is 44.4 Å². The number of benzene rings is 1. The molecular weight excluding hydrogens is 476 g/mol. The van der Waals surface area contributed by atoms with E-state index in [1.165, 1.54) is 31.2 Å². The van der Waals surface area contributed by atoms with Gasteiger partial charge in [0.05, 0.1) is 12.1 Å². The number of nitrogens with one attached hydrogen (secondary N) is 3. The van der Waals surface area contributed by atoms with Crippen LogP contribution in [0.4, 0.5) is 0 Å². The normalized spacial score (nSPS) is 15.2. The van der Waals surface area contributed by atoms with Crippen LogP contribution in [0.2, 0.25) is 0 Å². The maximum atomic E-state index is 13.1. The Bertz CT molecular complexity index is 934. The zero-order valence-electron chi connectivity index (χ0n) is 20.3. The summed E-state index contributed by atoms with van der Waals surface area (Å²) in [6, 6.07) is 0.412. The van der Waals surface area contributed by atoms with Crippen LogP contribution in [0.25, 0.3) is 0 Å². The number of hydrogen-bond donors (Lipinski definition) is 8. The Morgan fingerprint density at radius 1 is 0.861 bits per heavy atom. The standard InChI is InChI=1S/C23H34N4O9/c1-11(2)18(23(35)36)26-22(34)19(12(3)28)27-21(33)16(10-13-4-6-14(29)7-5-13)25-20(32)15(24)8-9-17(30)31/h4-7,11-12,15-16,18-19,28-29H,8-10,24H2,1-3H3,(H,25,32)(H,26,34)(H,27,33)(H,30,31)(H,35,36). The summed E-state index contributed by atoms with van der Waals surface area (Å²) in [7, 11) is 0. The van der Waals surface area contributed by atoms with Gasteiger partial charge in [0.1, 0.15) is 23.9 Å². The van der Waals surface area contributed by atoms with Crippen molar-refractivity contribution in [3.63, 3.8) is 0 Å². The molecule has 5 atom stereocenters. The van der Waals surface area contributed by atoms with Gasteiger partial charge in [0.2, 0.25) is 17.7 Å². The number of carbonyl (C=O) groups excluding carboxylic acids is 3. The first-order valence-corrected chi connectivity index (χ1v) is 11.3. The van der Waals surface area contributed by atoms with E-state index in [0.29, 0.717) is 5.56 Å². The Kier molecular flexibility index (Phi) is 11.8. The molecule has 3 amide bonds. The molecule has 13 heteroatoms. The number of carbonyl (C=O) groups is 5. The van der Waals surface area contributed by atoms with Gasteiger partial charge in [0.15, 0.2) is 0 Å². The Hall–Kier alpha value is -3.71. The van der Waals surface area contributed by atoms with E-state index in [2.05, 4.69) is 16.0 Å². The number of phenols is 1. The first kappa shape index (κ1) is 30.3. The van der Waals surface area contributed by atoms with Gasteiger partial charge >= 0.3 is 11.9 Å². The molecule has 0 heterocycles. The summed E-state index contributed by atoms with van der Waals surface area (Å²) in [5.41, 5.74) is 6.26. The van der Waals surface area contributed by atoms with Gasteiger partial charge in [-0.25, -0.2) is 4.79 Å². The van der Waals surface area contributed by atoms with E-state index in [9.17, 15) is 39.3 Å². The molecule has 0 spiro atoms. The number of aliphatic carboxylic acids is 2. The van der Waals surface area contributed by atoms with E-state index in [4.69, 9.17) is 10.8 Å². The quantitative estimate of drug-likeness (QED) is 0.147. The summed E-state index contributed by atoms with van der Waals surface area (Å²) < 4.78 is 0. The Balaban J connectivity index is 3.10. The summed E-state index contributed by atoms with van der Waals surface area (Å²) in [5, 5.41) is 44.7. The zero-order chi connectivity index (χ0) is 27.6. The van der Waals surface area contributed by atoms with Crippen molar-refractivity contribution in [2.24, 2.45) is 11.7 Å². The number of aliphatic hydroxyl groups excluding tert-OH is 1. The van der Waals surface area contributed by atoms with E-state index in [1.54, 1.807) is 13.8 Å². The average Bonchev–Trinajstić information content (AvgIpc) is 2.79. The van der Waals surface area contributed by atoms with Gasteiger partial charge in [-0.1, -0.05) is 26.0 Å². The van der Waals surface area contributed by atoms with Gasteiger partial charge < -0.3 is 42.1 Å². The van der Waals surface area contributed by atoms with Crippen LogP contribution < -0.4 is 21.7 Å². The first-order valence-electron chi connectivity index (χ1n) is 11.3. The SMILES string of the molecule is CC(C)C(NC(=O)C(NC(=O)C(Cc1ccc(O)cc1)NC(=O)C(N)CCC(=O)O)C(C)O)C(=O)O. The molecule has 0 saturated heterocycles. The van der Waals surface area contributed by atoms with Gasteiger partial charge in [-0.3, -0.25) is 19.2 Å². The molecule has 0 radical (unpaired) electrons. The highest BCUT2D eigenvalue weighted by molar-refractivity contribution is 5.94. The molecule has 0 bridgehead atoms. The highest BCUT2D eigenvalue weighted by Gasteiger charge is 2.33. The first-order chi connectivity index (χ1) is 16.7. The number of phenolic OH excluding ortho intramolecular Hbond substituents is 1. The molecule has 0 aliphatic heterocycles. The predicted octanol–water partition coefficient (Wildman–Crippen LogP) is -1.30. The molecule has 0 saturated carbocycles. The largest absolute Gasteiger partial charge is 0.508 e. The number of amides is 3. The number of carboxylic acids is 2. The van der Waals surface area contributed by atoms with Crippen LogP contribution in [0.3, 0.4) is 0 Å². The number of rotatable bonds is 14. The molecule has 0 aromatic heterocycles. The second-order valence-electron chi connectivity index (χ2n) is 8.77. The molecule has 5 unspecified atom stereocenters. The Morgan fingerprint density at radius 3 is 1.89 bits per heavy atom. The summed E-state index contributed by atoms with van der Waals surface area (Å²) in [6.07, 6.45) is -2.06. The van der Waals surface area contributed by atoms with Crippen molar-refractivity contribution in [3.8, 4) is 5.75 Å². The Morgan fingerprint density at radius 2 is 1.42 bits per heavy atom. The van der Waals surface area contributed by atoms with Gasteiger partial charge in [0.25, 0.3) is 0 Å². The monoisotopic (exact) mass is 510 g/mol. The fourth-order valence-electron chi connectivity index (χ4n) is 3.18. The predicted molar refractivity (Wildman–Crippen MR) is 127 cm³/mol. The number of aliphatic hydroxyl groups is 1. The number of aromatic hydroxyl groups is 1. The smallest absolute Gasteiger partial charge is 0.326 e. The second kappa shape index (κ2) is 14.0. The lowest BCUT2D eigenvalue weighted by atomic mass is 10.0. The molecule has 9 N–H and O–H groups in total. The third-order valence-corrected chi connectivity index (χ3v) is 5.31. The van der Waals surface area contributed by atoms with Crippen LogP contribution in [-0.2, 0) is 30.4 Å². The van der Waals surface area contributed by atoms with Crippen molar-refractivity contribution in [1.82, 2.24) is 16.0 Å². The van der Waals surface area contributed by atoms with Gasteiger partial charge in [0, 0.05) is 12.8 Å². The summed E-state index contributed by atoms with van der Waals surface area (Å²) >= 11 is 0. The van der Waals surface area contributed by atoms with Crippen LogP contribution >= 0.6 is 0 Å². The van der Waals surface area contributed by atoms with Crippen LogP contribution in [0, 0.1) is 5.92 Å². The van der Waals surface area contributed by atoms with Crippen molar-refractivity contribution in [1.29, 1.82) is 0 Å². The summed E-state index contributed by atoms with van der Waals surface area (Å²) in [6.45, 7) is 4.38. The van der Waals surface area contributed by atoms with E-state index < -0.39 is 65.8 Å². The molecule has 200 valence electrons. The van der Waals surface area contributed by atoms with Crippen LogP contribution in [0.15, 0.2) is 24.3 Å². The van der Waals surface area contributed by atoms with E-state index >= 15 is 0 Å². The van der Waals surface area contributed by atoms with E-state index in [1.807, 2.05) is 0 Å². The van der Waals surface area contributed by atoms with Crippen LogP contribution in [0.1, 0.15) is 39.2 Å². The Labute approximate surface area is 208 Å². The lowest BCUT2D eigenvalue weighted by molar-refractivity contribution is -0.144. The minimum atomic E-state index is -1.54. The molecule has 0 aliphatic rings. The van der Waals surface area contributed by atoms with E-state index in [-0.39, 0.29) is 25.0 Å². The maximum Gasteiger partial charge on any atom is 0.326 e.